The van der Waals surface area contributed by atoms with Gasteiger partial charge in [-0.05, 0) is 32.9 Å². The van der Waals surface area contributed by atoms with Crippen molar-refractivity contribution in [1.29, 1.82) is 0 Å². The third-order valence-corrected chi connectivity index (χ3v) is 2.51. The average Bonchev–Trinajstić information content (AvgIpc) is 2.49. The monoisotopic (exact) mass is 353 g/mol. The topological polar surface area (TPSA) is 137 Å². The van der Waals surface area contributed by atoms with Crippen LogP contribution < -0.4 is 15.4 Å². The number of esters is 1. The highest BCUT2D eigenvalue weighted by molar-refractivity contribution is 5.95. The van der Waals surface area contributed by atoms with Crippen molar-refractivity contribution in [3.8, 4) is 5.75 Å². The maximum atomic E-state index is 11.5. The molecule has 0 aliphatic heterocycles. The number of nitro groups is 1. The summed E-state index contributed by atoms with van der Waals surface area (Å²) >= 11 is 0. The Morgan fingerprint density at radius 2 is 1.72 bits per heavy atom. The maximum Gasteiger partial charge on any atom is 0.344 e. The lowest BCUT2D eigenvalue weighted by Gasteiger charge is -2.20. The fourth-order valence-electron chi connectivity index (χ4n) is 1.53. The Hall–Kier alpha value is -3.17. The number of carbonyl (C=O) groups is 3. The van der Waals surface area contributed by atoms with E-state index in [9.17, 15) is 24.5 Å². The summed E-state index contributed by atoms with van der Waals surface area (Å²) in [6.07, 6.45) is 0. The van der Waals surface area contributed by atoms with Gasteiger partial charge in [-0.3, -0.25) is 20.2 Å². The quantitative estimate of drug-likeness (QED) is 0.444. The normalized spacial score (nSPS) is 10.5. The van der Waals surface area contributed by atoms with Crippen LogP contribution in [0.2, 0.25) is 0 Å². The summed E-state index contributed by atoms with van der Waals surface area (Å²) < 4.78 is 9.73. The zero-order valence-corrected chi connectivity index (χ0v) is 14.0. The molecule has 136 valence electrons. The van der Waals surface area contributed by atoms with Gasteiger partial charge >= 0.3 is 12.0 Å². The van der Waals surface area contributed by atoms with Gasteiger partial charge in [-0.25, -0.2) is 9.59 Å². The highest BCUT2D eigenvalue weighted by Gasteiger charge is 2.16. The summed E-state index contributed by atoms with van der Waals surface area (Å²) in [6.45, 7) is 4.10. The van der Waals surface area contributed by atoms with Crippen LogP contribution in [0, 0.1) is 10.1 Å². The zero-order chi connectivity index (χ0) is 19.0. The van der Waals surface area contributed by atoms with Gasteiger partial charge in [-0.1, -0.05) is 0 Å². The Labute approximate surface area is 143 Å². The number of benzene rings is 1. The van der Waals surface area contributed by atoms with Crippen LogP contribution in [0.3, 0.4) is 0 Å². The molecule has 0 unspecified atom stereocenters. The second-order valence-corrected chi connectivity index (χ2v) is 5.95. The molecule has 1 aromatic carbocycles. The minimum absolute atomic E-state index is 0.111. The highest BCUT2D eigenvalue weighted by Crippen LogP contribution is 2.17. The Morgan fingerprint density at radius 3 is 2.24 bits per heavy atom. The first-order valence-corrected chi connectivity index (χ1v) is 7.22. The van der Waals surface area contributed by atoms with Crippen LogP contribution in [0.15, 0.2) is 24.3 Å². The number of carbonyl (C=O) groups excluding carboxylic acids is 3. The maximum absolute atomic E-state index is 11.5. The fraction of sp³-hybridized carbons (Fsp3) is 0.400. The van der Waals surface area contributed by atoms with Crippen molar-refractivity contribution >= 4 is 23.6 Å². The van der Waals surface area contributed by atoms with Crippen LogP contribution in [-0.4, -0.2) is 41.6 Å². The molecule has 0 radical (unpaired) electrons. The van der Waals surface area contributed by atoms with Crippen molar-refractivity contribution in [2.45, 2.75) is 26.3 Å². The smallest absolute Gasteiger partial charge is 0.344 e. The van der Waals surface area contributed by atoms with Crippen molar-refractivity contribution in [3.63, 3.8) is 0 Å². The average molecular weight is 353 g/mol. The number of hydrogen-bond donors (Lipinski definition) is 2. The summed E-state index contributed by atoms with van der Waals surface area (Å²) in [4.78, 5) is 44.3. The van der Waals surface area contributed by atoms with E-state index in [1.54, 1.807) is 20.8 Å². The molecular weight excluding hydrogens is 334 g/mol. The van der Waals surface area contributed by atoms with Gasteiger partial charge in [0, 0.05) is 17.7 Å². The Morgan fingerprint density at radius 1 is 1.12 bits per heavy atom. The third kappa shape index (κ3) is 8.30. The number of nitro benzene ring substituents is 1. The van der Waals surface area contributed by atoms with Gasteiger partial charge in [0.05, 0.1) is 4.92 Å². The number of ether oxygens (including phenoxy) is 2. The Bertz CT molecular complexity index is 650. The molecule has 3 amide bonds. The fourth-order valence-corrected chi connectivity index (χ4v) is 1.53. The van der Waals surface area contributed by atoms with Crippen molar-refractivity contribution in [2.75, 3.05) is 13.2 Å². The van der Waals surface area contributed by atoms with Crippen molar-refractivity contribution in [1.82, 2.24) is 10.6 Å². The summed E-state index contributed by atoms with van der Waals surface area (Å²) in [5.74, 6) is -1.38. The van der Waals surface area contributed by atoms with Gasteiger partial charge in [0.1, 0.15) is 5.75 Å². The number of rotatable bonds is 6. The molecular formula is C15H19N3O7. The van der Waals surface area contributed by atoms with Crippen LogP contribution in [-0.2, 0) is 14.3 Å². The summed E-state index contributed by atoms with van der Waals surface area (Å²) in [7, 11) is 0. The van der Waals surface area contributed by atoms with E-state index in [4.69, 9.17) is 4.74 Å². The minimum Gasteiger partial charge on any atom is -0.482 e. The molecule has 0 aliphatic rings. The largest absolute Gasteiger partial charge is 0.482 e. The SMILES string of the molecule is CC(C)(C)NC(=O)NC(=O)COC(=O)COc1ccc([N+](=O)[O-])cc1. The van der Waals surface area contributed by atoms with E-state index in [1.807, 2.05) is 5.32 Å². The van der Waals surface area contributed by atoms with E-state index in [-0.39, 0.29) is 11.4 Å². The molecule has 25 heavy (non-hydrogen) atoms. The second-order valence-electron chi connectivity index (χ2n) is 5.95. The van der Waals surface area contributed by atoms with E-state index in [0.717, 1.165) is 0 Å². The molecule has 0 fully saturated rings. The first-order chi connectivity index (χ1) is 11.6. The summed E-state index contributed by atoms with van der Waals surface area (Å²) in [5.41, 5.74) is -0.625. The number of imide groups is 1. The molecule has 0 heterocycles. The number of urea groups is 1. The molecule has 0 atom stereocenters. The standard InChI is InChI=1S/C15H19N3O7/c1-15(2,3)17-14(21)16-12(19)8-25-13(20)9-24-11-6-4-10(5-7-11)18(22)23/h4-7H,8-9H2,1-3H3,(H2,16,17,19,21). The first-order valence-electron chi connectivity index (χ1n) is 7.22. The molecule has 10 heteroatoms. The van der Waals surface area contributed by atoms with E-state index in [2.05, 4.69) is 10.1 Å². The number of nitrogens with one attached hydrogen (secondary N) is 2. The summed E-state index contributed by atoms with van der Waals surface area (Å²) in [6, 6.07) is 4.41. The van der Waals surface area contributed by atoms with Crippen LogP contribution in [0.4, 0.5) is 10.5 Å². The minimum atomic E-state index is -0.829. The van der Waals surface area contributed by atoms with Gasteiger partial charge < -0.3 is 14.8 Å². The Kier molecular flexibility index (Phi) is 6.85. The third-order valence-electron chi connectivity index (χ3n) is 2.51. The van der Waals surface area contributed by atoms with Crippen LogP contribution >= 0.6 is 0 Å². The molecule has 0 saturated carbocycles. The van der Waals surface area contributed by atoms with Gasteiger partial charge in [-0.2, -0.15) is 0 Å². The molecule has 0 bridgehead atoms. The summed E-state index contributed by atoms with van der Waals surface area (Å²) in [5, 5.41) is 15.0. The van der Waals surface area contributed by atoms with Gasteiger partial charge in [0.15, 0.2) is 13.2 Å². The predicted molar refractivity (Wildman–Crippen MR) is 86.0 cm³/mol. The lowest BCUT2D eigenvalue weighted by Crippen LogP contribution is -2.49. The molecule has 1 rings (SSSR count). The van der Waals surface area contributed by atoms with Crippen LogP contribution in [0.25, 0.3) is 0 Å². The molecule has 0 saturated heterocycles. The van der Waals surface area contributed by atoms with Crippen molar-refractivity contribution < 1.29 is 28.8 Å². The van der Waals surface area contributed by atoms with E-state index in [0.29, 0.717) is 0 Å². The lowest BCUT2D eigenvalue weighted by atomic mass is 10.1. The van der Waals surface area contributed by atoms with Gasteiger partial charge in [0.2, 0.25) is 0 Å². The van der Waals surface area contributed by atoms with Crippen molar-refractivity contribution in [2.24, 2.45) is 0 Å². The molecule has 0 aliphatic carbocycles. The van der Waals surface area contributed by atoms with E-state index in [1.165, 1.54) is 24.3 Å². The predicted octanol–water partition coefficient (Wildman–Crippen LogP) is 1.14. The van der Waals surface area contributed by atoms with Crippen molar-refractivity contribution in [3.05, 3.63) is 34.4 Å². The van der Waals surface area contributed by atoms with Gasteiger partial charge in [-0.15, -0.1) is 0 Å². The van der Waals surface area contributed by atoms with Crippen LogP contribution in [0.5, 0.6) is 5.75 Å². The van der Waals surface area contributed by atoms with E-state index >= 15 is 0 Å². The number of hydrogen-bond acceptors (Lipinski definition) is 7. The lowest BCUT2D eigenvalue weighted by molar-refractivity contribution is -0.384. The Balaban J connectivity index is 2.31. The molecule has 10 nitrogen and oxygen atoms in total. The number of nitrogens with zero attached hydrogens (tertiary/aromatic N) is 1. The highest BCUT2D eigenvalue weighted by atomic mass is 16.6. The van der Waals surface area contributed by atoms with E-state index < -0.39 is 41.6 Å². The first kappa shape index (κ1) is 19.9. The number of non-ortho nitro benzene ring substituents is 1. The molecule has 0 aromatic heterocycles. The van der Waals surface area contributed by atoms with Crippen LogP contribution in [0.1, 0.15) is 20.8 Å². The molecule has 0 spiro atoms. The molecule has 1 aromatic rings. The number of amides is 3. The molecule has 2 N–H and O–H groups in total. The zero-order valence-electron chi connectivity index (χ0n) is 14.0. The van der Waals surface area contributed by atoms with Gasteiger partial charge in [0.25, 0.3) is 11.6 Å². The second kappa shape index (κ2) is 8.62.